The van der Waals surface area contributed by atoms with E-state index < -0.39 is 11.7 Å². The van der Waals surface area contributed by atoms with Gasteiger partial charge in [0.2, 0.25) is 0 Å². The number of carbonyl (C=O) groups excluding carboxylic acids is 1. The van der Waals surface area contributed by atoms with Crippen LogP contribution in [0.15, 0.2) is 46.6 Å². The molecule has 34 heavy (non-hydrogen) atoms. The number of aliphatic hydroxyl groups is 1. The molecule has 1 aliphatic carbocycles. The van der Waals surface area contributed by atoms with E-state index >= 15 is 0 Å². The van der Waals surface area contributed by atoms with Crippen LogP contribution < -0.4 is 4.74 Å². The maximum absolute atomic E-state index is 13.3. The fraction of sp³-hybridized carbons (Fsp3) is 0.444. The second-order valence-electron chi connectivity index (χ2n) is 9.25. The standard InChI is InChI=1S/C27H30BrF3O3/c1-5-18-8-10-20(34-24-11-9-19(13-22(24)28)27(29,30)31)14-21(18)25-23(32)12-15(2)6-7-16(3)17(4)26(25)33/h8-11,13-17,33H,5-7,12H2,1-4H3/b26-25+/t15-,16+,17?/m1/s1. The zero-order valence-electron chi connectivity index (χ0n) is 19.8. The van der Waals surface area contributed by atoms with E-state index in [1.807, 2.05) is 19.9 Å². The number of carbonyl (C=O) groups is 1. The maximum Gasteiger partial charge on any atom is 0.416 e. The quantitative estimate of drug-likeness (QED) is 0.423. The highest BCUT2D eigenvalue weighted by Crippen LogP contribution is 2.39. The number of Topliss-reactive ketones (excluding diaryl/α,β-unsaturated/α-hetero) is 1. The van der Waals surface area contributed by atoms with Crippen molar-refractivity contribution in [2.45, 2.75) is 59.6 Å². The molecule has 3 nitrogen and oxygen atoms in total. The fourth-order valence-electron chi connectivity index (χ4n) is 4.29. The summed E-state index contributed by atoms with van der Waals surface area (Å²) in [6, 6.07) is 8.44. The van der Waals surface area contributed by atoms with Gasteiger partial charge in [-0.25, -0.2) is 0 Å². The molecule has 3 atom stereocenters. The third-order valence-electron chi connectivity index (χ3n) is 6.69. The Hall–Kier alpha value is -2.28. The molecule has 0 heterocycles. The normalized spacial score (nSPS) is 24.4. The monoisotopic (exact) mass is 538 g/mol. The minimum Gasteiger partial charge on any atom is -0.511 e. The topological polar surface area (TPSA) is 46.5 Å². The van der Waals surface area contributed by atoms with Crippen molar-refractivity contribution in [1.29, 1.82) is 0 Å². The van der Waals surface area contributed by atoms with Gasteiger partial charge in [-0.05, 0) is 88.5 Å². The number of alkyl halides is 3. The summed E-state index contributed by atoms with van der Waals surface area (Å²) in [5, 5.41) is 11.2. The molecule has 184 valence electrons. The second kappa shape index (κ2) is 10.5. The molecule has 0 bridgehead atoms. The highest BCUT2D eigenvalue weighted by atomic mass is 79.9. The number of halogens is 4. The molecule has 0 saturated heterocycles. The van der Waals surface area contributed by atoms with Crippen molar-refractivity contribution in [3.8, 4) is 11.5 Å². The first-order chi connectivity index (χ1) is 15.9. The Labute approximate surface area is 207 Å². The van der Waals surface area contributed by atoms with Crippen LogP contribution in [0.2, 0.25) is 0 Å². The van der Waals surface area contributed by atoms with Crippen LogP contribution in [0.3, 0.4) is 0 Å². The Bertz CT molecular complexity index is 1090. The van der Waals surface area contributed by atoms with Gasteiger partial charge in [-0.2, -0.15) is 13.2 Å². The number of aliphatic hydroxyl groups excluding tert-OH is 1. The Morgan fingerprint density at radius 2 is 1.79 bits per heavy atom. The zero-order valence-corrected chi connectivity index (χ0v) is 21.4. The Balaban J connectivity index is 2.06. The lowest BCUT2D eigenvalue weighted by atomic mass is 9.85. The van der Waals surface area contributed by atoms with Crippen molar-refractivity contribution in [2.75, 3.05) is 0 Å². The third-order valence-corrected chi connectivity index (χ3v) is 7.31. The summed E-state index contributed by atoms with van der Waals surface area (Å²) in [6.07, 6.45) is -1.62. The van der Waals surface area contributed by atoms with Crippen molar-refractivity contribution in [1.82, 2.24) is 0 Å². The number of hydrogen-bond acceptors (Lipinski definition) is 3. The van der Waals surface area contributed by atoms with Crippen molar-refractivity contribution in [3.05, 3.63) is 63.3 Å². The van der Waals surface area contributed by atoms with E-state index in [0.717, 1.165) is 30.5 Å². The Morgan fingerprint density at radius 3 is 2.41 bits per heavy atom. The summed E-state index contributed by atoms with van der Waals surface area (Å²) in [4.78, 5) is 13.3. The van der Waals surface area contributed by atoms with Gasteiger partial charge < -0.3 is 9.84 Å². The number of allylic oxidation sites excluding steroid dienone is 2. The van der Waals surface area contributed by atoms with Gasteiger partial charge in [0.15, 0.2) is 5.78 Å². The lowest BCUT2D eigenvalue weighted by molar-refractivity contribution is -0.137. The van der Waals surface area contributed by atoms with Crippen LogP contribution in [0.4, 0.5) is 13.2 Å². The summed E-state index contributed by atoms with van der Waals surface area (Å²) in [5.74, 6) is 0.823. The molecule has 0 amide bonds. The first-order valence-electron chi connectivity index (χ1n) is 11.6. The first kappa shape index (κ1) is 26.3. The third kappa shape index (κ3) is 5.85. The number of hydrogen-bond donors (Lipinski definition) is 1. The molecule has 0 aromatic heterocycles. The van der Waals surface area contributed by atoms with Crippen LogP contribution >= 0.6 is 15.9 Å². The number of ether oxygens (including phenoxy) is 1. The summed E-state index contributed by atoms with van der Waals surface area (Å²) in [7, 11) is 0. The predicted octanol–water partition coefficient (Wildman–Crippen LogP) is 8.75. The highest BCUT2D eigenvalue weighted by Gasteiger charge is 2.31. The molecule has 0 fully saturated rings. The molecule has 2 aromatic rings. The molecule has 1 aliphatic rings. The lowest BCUT2D eigenvalue weighted by Crippen LogP contribution is -2.15. The number of ketones is 1. The van der Waals surface area contributed by atoms with Crippen LogP contribution in [0, 0.1) is 17.8 Å². The van der Waals surface area contributed by atoms with Gasteiger partial charge in [-0.15, -0.1) is 0 Å². The van der Waals surface area contributed by atoms with Crippen LogP contribution in [-0.2, 0) is 17.4 Å². The minimum atomic E-state index is -4.46. The largest absolute Gasteiger partial charge is 0.511 e. The van der Waals surface area contributed by atoms with Gasteiger partial charge in [-0.1, -0.05) is 33.8 Å². The molecule has 7 heteroatoms. The predicted molar refractivity (Wildman–Crippen MR) is 131 cm³/mol. The van der Waals surface area contributed by atoms with E-state index in [1.54, 1.807) is 12.1 Å². The minimum absolute atomic E-state index is 0.0918. The van der Waals surface area contributed by atoms with Crippen molar-refractivity contribution < 1.29 is 27.8 Å². The van der Waals surface area contributed by atoms with Crippen LogP contribution in [0.25, 0.3) is 5.57 Å². The zero-order chi connectivity index (χ0) is 25.2. The first-order valence-corrected chi connectivity index (χ1v) is 12.4. The van der Waals surface area contributed by atoms with Gasteiger partial charge in [-0.3, -0.25) is 4.79 Å². The van der Waals surface area contributed by atoms with Crippen molar-refractivity contribution >= 4 is 27.3 Å². The van der Waals surface area contributed by atoms with Crippen LogP contribution in [0.5, 0.6) is 11.5 Å². The number of rotatable bonds is 4. The van der Waals surface area contributed by atoms with Gasteiger partial charge in [0.1, 0.15) is 17.3 Å². The molecule has 1 N–H and O–H groups in total. The average molecular weight is 539 g/mol. The summed E-state index contributed by atoms with van der Waals surface area (Å²) in [6.45, 7) is 8.05. The molecule has 0 radical (unpaired) electrons. The fourth-order valence-corrected chi connectivity index (χ4v) is 4.75. The Kier molecular flexibility index (Phi) is 8.17. The van der Waals surface area contributed by atoms with E-state index in [4.69, 9.17) is 4.74 Å². The van der Waals surface area contributed by atoms with Crippen molar-refractivity contribution in [2.24, 2.45) is 17.8 Å². The van der Waals surface area contributed by atoms with Gasteiger partial charge >= 0.3 is 6.18 Å². The second-order valence-corrected chi connectivity index (χ2v) is 10.1. The summed E-state index contributed by atoms with van der Waals surface area (Å²) in [5.41, 5.74) is 1.04. The average Bonchev–Trinajstić information content (AvgIpc) is 2.80. The molecule has 0 aliphatic heterocycles. The SMILES string of the molecule is CCc1ccc(Oc2ccc(C(F)(F)F)cc2Br)cc1/C1=C(\O)C(C)[C@@H](C)CC[C@@H](C)CC1=O. The van der Waals surface area contributed by atoms with E-state index in [0.29, 0.717) is 29.7 Å². The summed E-state index contributed by atoms with van der Waals surface area (Å²) < 4.78 is 45.1. The van der Waals surface area contributed by atoms with Gasteiger partial charge in [0.25, 0.3) is 0 Å². The van der Waals surface area contributed by atoms with E-state index in [9.17, 15) is 23.1 Å². The molecule has 0 saturated carbocycles. The molecule has 1 unspecified atom stereocenters. The maximum atomic E-state index is 13.3. The number of aryl methyl sites for hydroxylation is 1. The smallest absolute Gasteiger partial charge is 0.416 e. The Morgan fingerprint density at radius 1 is 1.09 bits per heavy atom. The summed E-state index contributed by atoms with van der Waals surface area (Å²) >= 11 is 3.16. The van der Waals surface area contributed by atoms with Crippen LogP contribution in [-0.4, -0.2) is 10.9 Å². The number of benzene rings is 2. The molecule has 0 spiro atoms. The van der Waals surface area contributed by atoms with E-state index in [2.05, 4.69) is 29.8 Å². The van der Waals surface area contributed by atoms with E-state index in [1.165, 1.54) is 6.07 Å². The van der Waals surface area contributed by atoms with Gasteiger partial charge in [0, 0.05) is 12.3 Å². The molecule has 2 aromatic carbocycles. The highest BCUT2D eigenvalue weighted by molar-refractivity contribution is 9.10. The molecule has 3 rings (SSSR count). The molecular weight excluding hydrogens is 509 g/mol. The van der Waals surface area contributed by atoms with Gasteiger partial charge in [0.05, 0.1) is 15.6 Å². The van der Waals surface area contributed by atoms with E-state index in [-0.39, 0.29) is 39.5 Å². The van der Waals surface area contributed by atoms with Crippen LogP contribution in [0.1, 0.15) is 63.6 Å². The lowest BCUT2D eigenvalue weighted by Gasteiger charge is -2.22. The van der Waals surface area contributed by atoms with Crippen molar-refractivity contribution in [3.63, 3.8) is 0 Å². The molecular formula is C27H30BrF3O3.